The van der Waals surface area contributed by atoms with Crippen LogP contribution in [0.4, 0.5) is 4.79 Å². The van der Waals surface area contributed by atoms with Gasteiger partial charge in [0.25, 0.3) is 0 Å². The second kappa shape index (κ2) is 5.50. The van der Waals surface area contributed by atoms with Gasteiger partial charge in [-0.25, -0.2) is 4.79 Å². The summed E-state index contributed by atoms with van der Waals surface area (Å²) in [6, 6.07) is -1.47. The van der Waals surface area contributed by atoms with E-state index in [2.05, 4.69) is 5.48 Å². The second-order valence-electron chi connectivity index (χ2n) is 2.13. The van der Waals surface area contributed by atoms with Crippen LogP contribution in [0.15, 0.2) is 0 Å². The predicted molar refractivity (Wildman–Crippen MR) is 41.9 cm³/mol. The van der Waals surface area contributed by atoms with Gasteiger partial charge in [-0.05, 0) is 13.8 Å². The molecule has 1 unspecified atom stereocenters. The van der Waals surface area contributed by atoms with Gasteiger partial charge in [-0.2, -0.15) is 5.48 Å². The Morgan fingerprint density at radius 1 is 1.58 bits per heavy atom. The van der Waals surface area contributed by atoms with Crippen LogP contribution in [0.1, 0.15) is 13.8 Å². The maximum Gasteiger partial charge on any atom is 0.318 e. The molecule has 3 amide bonds. The van der Waals surface area contributed by atoms with E-state index >= 15 is 0 Å². The van der Waals surface area contributed by atoms with Crippen LogP contribution in [-0.4, -0.2) is 24.6 Å². The van der Waals surface area contributed by atoms with Crippen LogP contribution in [0.25, 0.3) is 0 Å². The Hall–Kier alpha value is -1.14. The van der Waals surface area contributed by atoms with E-state index in [9.17, 15) is 9.59 Å². The summed E-state index contributed by atoms with van der Waals surface area (Å²) in [6.07, 6.45) is 0. The van der Waals surface area contributed by atoms with Crippen molar-refractivity contribution in [2.45, 2.75) is 19.9 Å². The summed E-state index contributed by atoms with van der Waals surface area (Å²) in [7, 11) is 0. The molecule has 0 saturated heterocycles. The van der Waals surface area contributed by atoms with E-state index in [1.807, 2.05) is 5.32 Å². The highest BCUT2D eigenvalue weighted by atomic mass is 16.6. The lowest BCUT2D eigenvalue weighted by molar-refractivity contribution is -0.125. The summed E-state index contributed by atoms with van der Waals surface area (Å²) in [5, 5.41) is 1.91. The minimum Gasteiger partial charge on any atom is -0.351 e. The number of nitrogens with two attached hydrogens (primary N) is 1. The number of primary amides is 1. The van der Waals surface area contributed by atoms with Gasteiger partial charge < -0.3 is 10.6 Å². The Balaban J connectivity index is 3.69. The lowest BCUT2D eigenvalue weighted by Crippen LogP contribution is -2.46. The number of nitrogens with one attached hydrogen (secondary N) is 2. The lowest BCUT2D eigenvalue weighted by atomic mass is 10.3. The van der Waals surface area contributed by atoms with E-state index < -0.39 is 18.0 Å². The molecule has 0 rings (SSSR count). The minimum absolute atomic E-state index is 0.439. The van der Waals surface area contributed by atoms with Crippen LogP contribution in [0.5, 0.6) is 0 Å². The molecule has 0 aromatic rings. The van der Waals surface area contributed by atoms with E-state index in [4.69, 9.17) is 10.6 Å². The first kappa shape index (κ1) is 10.9. The first-order chi connectivity index (χ1) is 5.57. The van der Waals surface area contributed by atoms with E-state index in [1.165, 1.54) is 0 Å². The number of hydrogen-bond acceptors (Lipinski definition) is 4. The maximum atomic E-state index is 10.9. The number of imide groups is 1. The van der Waals surface area contributed by atoms with Gasteiger partial charge in [0.1, 0.15) is 6.04 Å². The molecule has 0 aromatic heterocycles. The topological polar surface area (TPSA) is 93.4 Å². The number of carbonyl (C=O) groups is 2. The Morgan fingerprint density at radius 3 is 2.58 bits per heavy atom. The Morgan fingerprint density at radius 2 is 2.17 bits per heavy atom. The van der Waals surface area contributed by atoms with Crippen molar-refractivity contribution >= 4 is 11.9 Å². The van der Waals surface area contributed by atoms with Crippen molar-refractivity contribution in [3.05, 3.63) is 0 Å². The molecule has 0 heterocycles. The largest absolute Gasteiger partial charge is 0.351 e. The summed E-state index contributed by atoms with van der Waals surface area (Å²) in [5.41, 5.74) is 7.14. The van der Waals surface area contributed by atoms with E-state index in [1.54, 1.807) is 13.8 Å². The Labute approximate surface area is 70.4 Å². The Kier molecular flexibility index (Phi) is 4.98. The van der Waals surface area contributed by atoms with Gasteiger partial charge in [-0.3, -0.25) is 10.1 Å². The van der Waals surface area contributed by atoms with Gasteiger partial charge in [-0.15, -0.1) is 0 Å². The average molecular weight is 175 g/mol. The van der Waals surface area contributed by atoms with E-state index in [0.29, 0.717) is 6.61 Å². The minimum atomic E-state index is -0.870. The van der Waals surface area contributed by atoms with Gasteiger partial charge in [-0.1, -0.05) is 0 Å². The molecule has 0 fully saturated rings. The molecular formula is C6H13N3O3. The van der Waals surface area contributed by atoms with Gasteiger partial charge in [0.05, 0.1) is 6.61 Å². The predicted octanol–water partition coefficient (Wildman–Crippen LogP) is -0.889. The molecule has 0 aromatic carbocycles. The summed E-state index contributed by atoms with van der Waals surface area (Å²) in [5.74, 6) is -0.518. The lowest BCUT2D eigenvalue weighted by Gasteiger charge is -2.10. The van der Waals surface area contributed by atoms with Crippen molar-refractivity contribution in [1.29, 1.82) is 0 Å². The summed E-state index contributed by atoms with van der Waals surface area (Å²) in [4.78, 5) is 25.8. The van der Waals surface area contributed by atoms with Crippen molar-refractivity contribution in [3.8, 4) is 0 Å². The van der Waals surface area contributed by atoms with Crippen LogP contribution >= 0.6 is 0 Å². The zero-order valence-electron chi connectivity index (χ0n) is 7.09. The van der Waals surface area contributed by atoms with Gasteiger partial charge in [0.15, 0.2) is 0 Å². The average Bonchev–Trinajstić information content (AvgIpc) is 1.98. The molecular weight excluding hydrogens is 162 g/mol. The zero-order valence-corrected chi connectivity index (χ0v) is 7.09. The normalized spacial score (nSPS) is 12.2. The van der Waals surface area contributed by atoms with Crippen molar-refractivity contribution in [3.63, 3.8) is 0 Å². The van der Waals surface area contributed by atoms with Gasteiger partial charge in [0, 0.05) is 0 Å². The standard InChI is InChI=1S/C6H13N3O3/c1-3-12-9-4(2)5(10)8-6(7)11/h4,9H,3H2,1-2H3,(H3,7,8,10,11). The van der Waals surface area contributed by atoms with Crippen LogP contribution < -0.4 is 16.5 Å². The molecule has 0 saturated carbocycles. The zero-order chi connectivity index (χ0) is 9.56. The monoisotopic (exact) mass is 175 g/mol. The van der Waals surface area contributed by atoms with Crippen LogP contribution in [0.3, 0.4) is 0 Å². The highest BCUT2D eigenvalue weighted by molar-refractivity contribution is 5.95. The molecule has 0 radical (unpaired) electrons. The van der Waals surface area contributed by atoms with Crippen molar-refractivity contribution in [1.82, 2.24) is 10.8 Å². The fourth-order valence-electron chi connectivity index (χ4n) is 0.492. The number of amides is 3. The van der Waals surface area contributed by atoms with Crippen molar-refractivity contribution < 1.29 is 14.4 Å². The highest BCUT2D eigenvalue weighted by Gasteiger charge is 2.13. The molecule has 0 bridgehead atoms. The fourth-order valence-corrected chi connectivity index (χ4v) is 0.492. The molecule has 6 heteroatoms. The molecule has 0 spiro atoms. The first-order valence-electron chi connectivity index (χ1n) is 3.55. The number of hydroxylamine groups is 1. The van der Waals surface area contributed by atoms with Crippen molar-refractivity contribution in [2.24, 2.45) is 5.73 Å². The number of carbonyl (C=O) groups excluding carboxylic acids is 2. The highest BCUT2D eigenvalue weighted by Crippen LogP contribution is 1.81. The third-order valence-corrected chi connectivity index (χ3v) is 1.04. The van der Waals surface area contributed by atoms with Gasteiger partial charge >= 0.3 is 6.03 Å². The SMILES string of the molecule is CCONC(C)C(=O)NC(N)=O. The van der Waals surface area contributed by atoms with Crippen LogP contribution in [0, 0.1) is 0 Å². The molecule has 6 nitrogen and oxygen atoms in total. The summed E-state index contributed by atoms with van der Waals surface area (Å²) in [6.45, 7) is 3.76. The summed E-state index contributed by atoms with van der Waals surface area (Å²) >= 11 is 0. The third-order valence-electron chi connectivity index (χ3n) is 1.04. The van der Waals surface area contributed by atoms with E-state index in [-0.39, 0.29) is 0 Å². The quantitative estimate of drug-likeness (QED) is 0.483. The molecule has 12 heavy (non-hydrogen) atoms. The van der Waals surface area contributed by atoms with Gasteiger partial charge in [0.2, 0.25) is 5.91 Å². The number of rotatable bonds is 4. The number of urea groups is 1. The van der Waals surface area contributed by atoms with Crippen molar-refractivity contribution in [2.75, 3.05) is 6.61 Å². The van der Waals surface area contributed by atoms with Crippen LogP contribution in [0.2, 0.25) is 0 Å². The smallest absolute Gasteiger partial charge is 0.318 e. The second-order valence-corrected chi connectivity index (χ2v) is 2.13. The first-order valence-corrected chi connectivity index (χ1v) is 3.55. The Bertz CT molecular complexity index is 171. The molecule has 0 aliphatic carbocycles. The van der Waals surface area contributed by atoms with Crippen LogP contribution in [-0.2, 0) is 9.63 Å². The van der Waals surface area contributed by atoms with E-state index in [0.717, 1.165) is 0 Å². The molecule has 0 aliphatic rings. The third kappa shape index (κ3) is 4.64. The fraction of sp³-hybridized carbons (Fsp3) is 0.667. The molecule has 1 atom stereocenters. The maximum absolute atomic E-state index is 10.9. The molecule has 70 valence electrons. The summed E-state index contributed by atoms with van der Waals surface area (Å²) < 4.78 is 0. The number of hydrogen-bond donors (Lipinski definition) is 3. The molecule has 0 aliphatic heterocycles. The molecule has 4 N–H and O–H groups in total.